The standard InChI is InChI=1S/C13H15BrN2/c1-16-7-11(13(15)8-2-3-8)10-6-9(14)4-5-12(10)16/h4-8,13H,2-3,15H2,1H3. The van der Waals surface area contributed by atoms with Crippen molar-refractivity contribution in [2.24, 2.45) is 18.7 Å². The van der Waals surface area contributed by atoms with Crippen LogP contribution in [0.25, 0.3) is 10.9 Å². The van der Waals surface area contributed by atoms with Crippen LogP contribution in [0.2, 0.25) is 0 Å². The van der Waals surface area contributed by atoms with Gasteiger partial charge in [0.05, 0.1) is 0 Å². The van der Waals surface area contributed by atoms with Crippen LogP contribution < -0.4 is 5.73 Å². The lowest BCUT2D eigenvalue weighted by molar-refractivity contribution is 0.636. The Labute approximate surface area is 104 Å². The summed E-state index contributed by atoms with van der Waals surface area (Å²) < 4.78 is 3.29. The molecule has 1 fully saturated rings. The highest BCUT2D eigenvalue weighted by Crippen LogP contribution is 2.42. The summed E-state index contributed by atoms with van der Waals surface area (Å²) in [6, 6.07) is 6.60. The molecule has 1 heterocycles. The number of aromatic nitrogens is 1. The Kier molecular flexibility index (Phi) is 2.33. The van der Waals surface area contributed by atoms with Gasteiger partial charge in [0.15, 0.2) is 0 Å². The number of hydrogen-bond acceptors (Lipinski definition) is 1. The van der Waals surface area contributed by atoms with E-state index in [9.17, 15) is 0 Å². The van der Waals surface area contributed by atoms with Gasteiger partial charge in [0, 0.05) is 34.7 Å². The molecule has 16 heavy (non-hydrogen) atoms. The van der Waals surface area contributed by atoms with Crippen LogP contribution in [0.4, 0.5) is 0 Å². The van der Waals surface area contributed by atoms with Crippen LogP contribution in [0.1, 0.15) is 24.4 Å². The fraction of sp³-hybridized carbons (Fsp3) is 0.385. The van der Waals surface area contributed by atoms with E-state index in [0.29, 0.717) is 5.92 Å². The maximum Gasteiger partial charge on any atom is 0.0481 e. The molecule has 1 aromatic carbocycles. The lowest BCUT2D eigenvalue weighted by Crippen LogP contribution is -2.11. The molecule has 1 aromatic heterocycles. The van der Waals surface area contributed by atoms with E-state index < -0.39 is 0 Å². The molecule has 1 atom stereocenters. The summed E-state index contributed by atoms with van der Waals surface area (Å²) in [4.78, 5) is 0. The van der Waals surface area contributed by atoms with E-state index >= 15 is 0 Å². The monoisotopic (exact) mass is 278 g/mol. The van der Waals surface area contributed by atoms with E-state index in [-0.39, 0.29) is 6.04 Å². The van der Waals surface area contributed by atoms with Gasteiger partial charge in [0.1, 0.15) is 0 Å². The zero-order valence-electron chi connectivity index (χ0n) is 9.28. The first kappa shape index (κ1) is 10.4. The third kappa shape index (κ3) is 1.59. The first-order chi connectivity index (χ1) is 7.66. The first-order valence-electron chi connectivity index (χ1n) is 5.67. The van der Waals surface area contributed by atoms with Crippen LogP contribution in [-0.2, 0) is 7.05 Å². The molecule has 2 aromatic rings. The third-order valence-corrected chi connectivity index (χ3v) is 3.96. The van der Waals surface area contributed by atoms with Gasteiger partial charge in [0.2, 0.25) is 0 Å². The van der Waals surface area contributed by atoms with Gasteiger partial charge in [-0.15, -0.1) is 0 Å². The largest absolute Gasteiger partial charge is 0.350 e. The molecule has 1 aliphatic carbocycles. The molecule has 0 bridgehead atoms. The summed E-state index contributed by atoms with van der Waals surface area (Å²) in [5.74, 6) is 0.699. The van der Waals surface area contributed by atoms with Crippen molar-refractivity contribution >= 4 is 26.8 Å². The Morgan fingerprint density at radius 1 is 1.44 bits per heavy atom. The van der Waals surface area contributed by atoms with Crippen LogP contribution >= 0.6 is 15.9 Å². The van der Waals surface area contributed by atoms with Crippen molar-refractivity contribution in [2.75, 3.05) is 0 Å². The fourth-order valence-corrected chi connectivity index (χ4v) is 2.73. The lowest BCUT2D eigenvalue weighted by atomic mass is 10.0. The zero-order valence-corrected chi connectivity index (χ0v) is 10.9. The van der Waals surface area contributed by atoms with Crippen LogP contribution in [0, 0.1) is 5.92 Å². The first-order valence-corrected chi connectivity index (χ1v) is 6.46. The topological polar surface area (TPSA) is 30.9 Å². The van der Waals surface area contributed by atoms with Gasteiger partial charge in [-0.2, -0.15) is 0 Å². The summed E-state index contributed by atoms with van der Waals surface area (Å²) in [6.45, 7) is 0. The van der Waals surface area contributed by atoms with Crippen molar-refractivity contribution < 1.29 is 0 Å². The number of hydrogen-bond donors (Lipinski definition) is 1. The Bertz CT molecular complexity index is 540. The van der Waals surface area contributed by atoms with Gasteiger partial charge in [-0.05, 0) is 42.5 Å². The summed E-state index contributed by atoms with van der Waals surface area (Å²) in [6.07, 6.45) is 4.75. The molecule has 84 valence electrons. The SMILES string of the molecule is Cn1cc(C(N)C2CC2)c2cc(Br)ccc21. The number of rotatable bonds is 2. The molecule has 3 rings (SSSR count). The van der Waals surface area contributed by atoms with E-state index in [1.165, 1.54) is 29.3 Å². The predicted molar refractivity (Wildman–Crippen MR) is 70.3 cm³/mol. The maximum absolute atomic E-state index is 6.30. The van der Waals surface area contributed by atoms with Crippen molar-refractivity contribution in [1.82, 2.24) is 4.57 Å². The minimum atomic E-state index is 0.206. The fourth-order valence-electron chi connectivity index (χ4n) is 2.37. The highest BCUT2D eigenvalue weighted by molar-refractivity contribution is 9.10. The van der Waals surface area contributed by atoms with E-state index in [2.05, 4.69) is 51.9 Å². The van der Waals surface area contributed by atoms with Crippen LogP contribution in [-0.4, -0.2) is 4.57 Å². The van der Waals surface area contributed by atoms with Gasteiger partial charge in [-0.25, -0.2) is 0 Å². The molecule has 0 aliphatic heterocycles. The quantitative estimate of drug-likeness (QED) is 0.898. The van der Waals surface area contributed by atoms with Crippen molar-refractivity contribution in [3.63, 3.8) is 0 Å². The molecule has 2 N–H and O–H groups in total. The second kappa shape index (κ2) is 3.60. The highest BCUT2D eigenvalue weighted by Gasteiger charge is 2.31. The van der Waals surface area contributed by atoms with Crippen LogP contribution in [0.3, 0.4) is 0 Å². The minimum absolute atomic E-state index is 0.206. The summed E-state index contributed by atoms with van der Waals surface area (Å²) in [5, 5.41) is 1.29. The Morgan fingerprint density at radius 3 is 2.88 bits per heavy atom. The zero-order chi connectivity index (χ0) is 11.3. The van der Waals surface area contributed by atoms with Gasteiger partial charge in [-0.3, -0.25) is 0 Å². The van der Waals surface area contributed by atoms with Crippen molar-refractivity contribution in [2.45, 2.75) is 18.9 Å². The third-order valence-electron chi connectivity index (χ3n) is 3.47. The van der Waals surface area contributed by atoms with E-state index in [1.807, 2.05) is 0 Å². The number of halogens is 1. The van der Waals surface area contributed by atoms with Crippen LogP contribution in [0.15, 0.2) is 28.9 Å². The predicted octanol–water partition coefficient (Wildman–Crippen LogP) is 3.35. The number of fused-ring (bicyclic) bond motifs is 1. The normalized spacial score (nSPS) is 17.9. The molecule has 1 saturated carbocycles. The van der Waals surface area contributed by atoms with E-state index in [1.54, 1.807) is 0 Å². The molecule has 0 spiro atoms. The Morgan fingerprint density at radius 2 is 2.19 bits per heavy atom. The number of aryl methyl sites for hydroxylation is 1. The second-order valence-electron chi connectivity index (χ2n) is 4.72. The molecule has 1 aliphatic rings. The van der Waals surface area contributed by atoms with Gasteiger partial charge in [0.25, 0.3) is 0 Å². The summed E-state index contributed by atoms with van der Waals surface area (Å²) >= 11 is 3.53. The highest BCUT2D eigenvalue weighted by atomic mass is 79.9. The summed E-state index contributed by atoms with van der Waals surface area (Å²) in [7, 11) is 2.08. The molecule has 1 unspecified atom stereocenters. The second-order valence-corrected chi connectivity index (χ2v) is 5.64. The molecule has 0 saturated heterocycles. The van der Waals surface area contributed by atoms with Gasteiger partial charge in [-0.1, -0.05) is 15.9 Å². The Hall–Kier alpha value is -0.800. The molecule has 3 heteroatoms. The maximum atomic E-state index is 6.30. The van der Waals surface area contributed by atoms with E-state index in [4.69, 9.17) is 5.73 Å². The minimum Gasteiger partial charge on any atom is -0.350 e. The lowest BCUT2D eigenvalue weighted by Gasteiger charge is -2.08. The molecule has 2 nitrogen and oxygen atoms in total. The van der Waals surface area contributed by atoms with Gasteiger partial charge >= 0.3 is 0 Å². The smallest absolute Gasteiger partial charge is 0.0481 e. The number of benzene rings is 1. The molecular formula is C13H15BrN2. The van der Waals surface area contributed by atoms with Crippen LogP contribution in [0.5, 0.6) is 0 Å². The van der Waals surface area contributed by atoms with Gasteiger partial charge < -0.3 is 10.3 Å². The average Bonchev–Trinajstić information content (AvgIpc) is 3.04. The van der Waals surface area contributed by atoms with Crippen molar-refractivity contribution in [1.29, 1.82) is 0 Å². The number of nitrogens with two attached hydrogens (primary N) is 1. The molecular weight excluding hydrogens is 264 g/mol. The molecule has 0 amide bonds. The average molecular weight is 279 g/mol. The van der Waals surface area contributed by atoms with E-state index in [0.717, 1.165) is 4.47 Å². The number of nitrogens with zero attached hydrogens (tertiary/aromatic N) is 1. The summed E-state index contributed by atoms with van der Waals surface area (Å²) in [5.41, 5.74) is 8.85. The Balaban J connectivity index is 2.19. The van der Waals surface area contributed by atoms with Crippen molar-refractivity contribution in [3.05, 3.63) is 34.4 Å². The van der Waals surface area contributed by atoms with Crippen molar-refractivity contribution in [3.8, 4) is 0 Å². The molecule has 0 radical (unpaired) electrons.